The highest BCUT2D eigenvalue weighted by atomic mass is 16.5. The minimum atomic E-state index is 0.396. The van der Waals surface area contributed by atoms with Crippen molar-refractivity contribution < 1.29 is 9.26 Å². The minimum absolute atomic E-state index is 0.396. The Bertz CT molecular complexity index is 506. The van der Waals surface area contributed by atoms with Crippen LogP contribution in [-0.4, -0.2) is 22.8 Å². The second-order valence-corrected chi connectivity index (χ2v) is 4.51. The van der Waals surface area contributed by atoms with E-state index in [0.717, 1.165) is 11.3 Å². The number of nitrogens with one attached hydrogen (secondary N) is 1. The van der Waals surface area contributed by atoms with Crippen LogP contribution in [0, 0.1) is 0 Å². The SMILES string of the molecule is CCOc1ccc(-c2nc(CNC(C)C)no2)cc1. The Morgan fingerprint density at radius 1 is 1.26 bits per heavy atom. The lowest BCUT2D eigenvalue weighted by atomic mass is 10.2. The van der Waals surface area contributed by atoms with E-state index >= 15 is 0 Å². The summed E-state index contributed by atoms with van der Waals surface area (Å²) in [7, 11) is 0. The zero-order valence-corrected chi connectivity index (χ0v) is 11.5. The Hall–Kier alpha value is -1.88. The van der Waals surface area contributed by atoms with Crippen molar-refractivity contribution in [2.45, 2.75) is 33.4 Å². The monoisotopic (exact) mass is 261 g/mol. The smallest absolute Gasteiger partial charge is 0.257 e. The first-order chi connectivity index (χ1) is 9.19. The van der Waals surface area contributed by atoms with E-state index in [-0.39, 0.29) is 0 Å². The maximum absolute atomic E-state index is 5.39. The lowest BCUT2D eigenvalue weighted by Gasteiger charge is -2.03. The van der Waals surface area contributed by atoms with E-state index in [1.54, 1.807) is 0 Å². The zero-order chi connectivity index (χ0) is 13.7. The molecule has 0 radical (unpaired) electrons. The van der Waals surface area contributed by atoms with Crippen LogP contribution < -0.4 is 10.1 Å². The Balaban J connectivity index is 2.05. The molecule has 0 saturated carbocycles. The minimum Gasteiger partial charge on any atom is -0.494 e. The maximum Gasteiger partial charge on any atom is 0.257 e. The fourth-order valence-electron chi connectivity index (χ4n) is 1.60. The van der Waals surface area contributed by atoms with Gasteiger partial charge in [0.1, 0.15) is 5.75 Å². The van der Waals surface area contributed by atoms with Gasteiger partial charge in [-0.3, -0.25) is 0 Å². The van der Waals surface area contributed by atoms with Crippen molar-refractivity contribution in [3.05, 3.63) is 30.1 Å². The van der Waals surface area contributed by atoms with Crippen LogP contribution in [0.3, 0.4) is 0 Å². The van der Waals surface area contributed by atoms with Crippen LogP contribution in [0.25, 0.3) is 11.5 Å². The molecule has 0 aliphatic rings. The van der Waals surface area contributed by atoms with Gasteiger partial charge in [-0.1, -0.05) is 19.0 Å². The molecule has 5 nitrogen and oxygen atoms in total. The average molecular weight is 261 g/mol. The van der Waals surface area contributed by atoms with Gasteiger partial charge in [0.2, 0.25) is 0 Å². The summed E-state index contributed by atoms with van der Waals surface area (Å²) in [4.78, 5) is 4.35. The van der Waals surface area contributed by atoms with E-state index in [9.17, 15) is 0 Å². The fourth-order valence-corrected chi connectivity index (χ4v) is 1.60. The molecule has 1 heterocycles. The molecule has 0 atom stereocenters. The van der Waals surface area contributed by atoms with Gasteiger partial charge in [0.05, 0.1) is 13.2 Å². The Morgan fingerprint density at radius 3 is 2.63 bits per heavy atom. The van der Waals surface area contributed by atoms with E-state index in [1.807, 2.05) is 31.2 Å². The lowest BCUT2D eigenvalue weighted by Crippen LogP contribution is -2.22. The summed E-state index contributed by atoms with van der Waals surface area (Å²) < 4.78 is 10.6. The first-order valence-corrected chi connectivity index (χ1v) is 6.48. The molecule has 0 spiro atoms. The summed E-state index contributed by atoms with van der Waals surface area (Å²) in [5.41, 5.74) is 0.895. The number of hydrogen-bond donors (Lipinski definition) is 1. The molecule has 1 N–H and O–H groups in total. The summed E-state index contributed by atoms with van der Waals surface area (Å²) in [5.74, 6) is 2.04. The van der Waals surface area contributed by atoms with Gasteiger partial charge in [0.25, 0.3) is 5.89 Å². The average Bonchev–Trinajstić information content (AvgIpc) is 2.86. The van der Waals surface area contributed by atoms with Crippen LogP contribution >= 0.6 is 0 Å². The molecular formula is C14H19N3O2. The number of benzene rings is 1. The molecule has 5 heteroatoms. The zero-order valence-electron chi connectivity index (χ0n) is 11.5. The molecule has 2 aromatic rings. The van der Waals surface area contributed by atoms with Gasteiger partial charge in [-0.25, -0.2) is 0 Å². The summed E-state index contributed by atoms with van der Waals surface area (Å²) in [6, 6.07) is 8.02. The van der Waals surface area contributed by atoms with Crippen LogP contribution in [0.2, 0.25) is 0 Å². The highest BCUT2D eigenvalue weighted by Gasteiger charge is 2.09. The quantitative estimate of drug-likeness (QED) is 0.866. The Kier molecular flexibility index (Phi) is 4.52. The van der Waals surface area contributed by atoms with E-state index in [0.29, 0.717) is 30.9 Å². The molecule has 0 aliphatic heterocycles. The van der Waals surface area contributed by atoms with Crippen LogP contribution in [0.4, 0.5) is 0 Å². The van der Waals surface area contributed by atoms with Crippen molar-refractivity contribution in [3.8, 4) is 17.2 Å². The third-order valence-corrected chi connectivity index (χ3v) is 2.55. The third-order valence-electron chi connectivity index (χ3n) is 2.55. The van der Waals surface area contributed by atoms with E-state index in [1.165, 1.54) is 0 Å². The first-order valence-electron chi connectivity index (χ1n) is 6.48. The predicted molar refractivity (Wildman–Crippen MR) is 72.9 cm³/mol. The summed E-state index contributed by atoms with van der Waals surface area (Å²) in [6.45, 7) is 7.38. The summed E-state index contributed by atoms with van der Waals surface area (Å²) in [6.07, 6.45) is 0. The molecule has 2 rings (SSSR count). The van der Waals surface area contributed by atoms with Gasteiger partial charge < -0.3 is 14.6 Å². The second kappa shape index (κ2) is 6.33. The van der Waals surface area contributed by atoms with Crippen LogP contribution in [0.1, 0.15) is 26.6 Å². The highest BCUT2D eigenvalue weighted by molar-refractivity contribution is 5.54. The van der Waals surface area contributed by atoms with Crippen molar-refractivity contribution in [3.63, 3.8) is 0 Å². The molecule has 19 heavy (non-hydrogen) atoms. The molecule has 102 valence electrons. The van der Waals surface area contributed by atoms with Gasteiger partial charge >= 0.3 is 0 Å². The highest BCUT2D eigenvalue weighted by Crippen LogP contribution is 2.20. The van der Waals surface area contributed by atoms with Gasteiger partial charge in [-0.05, 0) is 31.2 Å². The predicted octanol–water partition coefficient (Wildman–Crippen LogP) is 2.63. The second-order valence-electron chi connectivity index (χ2n) is 4.51. The molecule has 0 aliphatic carbocycles. The molecule has 1 aromatic heterocycles. The number of hydrogen-bond acceptors (Lipinski definition) is 5. The Labute approximate surface area is 113 Å². The largest absolute Gasteiger partial charge is 0.494 e. The van der Waals surface area contributed by atoms with Gasteiger partial charge in [0.15, 0.2) is 5.82 Å². The van der Waals surface area contributed by atoms with Crippen LogP contribution in [-0.2, 0) is 6.54 Å². The van der Waals surface area contributed by atoms with Crippen molar-refractivity contribution in [1.29, 1.82) is 0 Å². The number of rotatable bonds is 6. The van der Waals surface area contributed by atoms with Crippen molar-refractivity contribution in [2.75, 3.05) is 6.61 Å². The molecule has 0 fully saturated rings. The van der Waals surface area contributed by atoms with Gasteiger partial charge in [-0.15, -0.1) is 0 Å². The Morgan fingerprint density at radius 2 is 2.00 bits per heavy atom. The van der Waals surface area contributed by atoms with Crippen LogP contribution in [0.5, 0.6) is 5.75 Å². The van der Waals surface area contributed by atoms with E-state index < -0.39 is 0 Å². The number of ether oxygens (including phenoxy) is 1. The molecule has 0 saturated heterocycles. The number of nitrogens with zero attached hydrogens (tertiary/aromatic N) is 2. The first kappa shape index (κ1) is 13.5. The lowest BCUT2D eigenvalue weighted by molar-refractivity contribution is 0.340. The molecular weight excluding hydrogens is 242 g/mol. The van der Waals surface area contributed by atoms with Gasteiger partial charge in [-0.2, -0.15) is 4.98 Å². The van der Waals surface area contributed by atoms with Crippen molar-refractivity contribution in [1.82, 2.24) is 15.5 Å². The van der Waals surface area contributed by atoms with Gasteiger partial charge in [0, 0.05) is 11.6 Å². The number of aromatic nitrogens is 2. The molecule has 0 unspecified atom stereocenters. The van der Waals surface area contributed by atoms with Crippen molar-refractivity contribution in [2.24, 2.45) is 0 Å². The summed E-state index contributed by atoms with van der Waals surface area (Å²) in [5, 5.41) is 7.19. The molecule has 0 bridgehead atoms. The van der Waals surface area contributed by atoms with Crippen molar-refractivity contribution >= 4 is 0 Å². The fraction of sp³-hybridized carbons (Fsp3) is 0.429. The molecule has 1 aromatic carbocycles. The third kappa shape index (κ3) is 3.79. The normalized spacial score (nSPS) is 10.9. The van der Waals surface area contributed by atoms with E-state index in [4.69, 9.17) is 9.26 Å². The topological polar surface area (TPSA) is 60.2 Å². The van der Waals surface area contributed by atoms with E-state index in [2.05, 4.69) is 29.3 Å². The maximum atomic E-state index is 5.39. The van der Waals surface area contributed by atoms with Crippen LogP contribution in [0.15, 0.2) is 28.8 Å². The molecule has 0 amide bonds. The summed E-state index contributed by atoms with van der Waals surface area (Å²) >= 11 is 0. The standard InChI is InChI=1S/C14H19N3O2/c1-4-18-12-7-5-11(6-8-12)14-16-13(17-19-14)9-15-10(2)3/h5-8,10,15H,4,9H2,1-3H3.